The Morgan fingerprint density at radius 1 is 1.04 bits per heavy atom. The number of hydrogen-bond acceptors (Lipinski definition) is 4. The van der Waals surface area contributed by atoms with E-state index in [0.717, 1.165) is 0 Å². The van der Waals surface area contributed by atoms with Crippen molar-refractivity contribution in [2.75, 3.05) is 5.32 Å². The van der Waals surface area contributed by atoms with E-state index < -0.39 is 0 Å². The molecule has 0 unspecified atom stereocenters. The lowest BCUT2D eigenvalue weighted by molar-refractivity contribution is 0.102. The number of benzene rings is 2. The molecule has 0 radical (unpaired) electrons. The summed E-state index contributed by atoms with van der Waals surface area (Å²) in [6.45, 7) is 0. The third-order valence-corrected chi connectivity index (χ3v) is 4.15. The van der Waals surface area contributed by atoms with Gasteiger partial charge < -0.3 is 9.73 Å². The number of hydrogen-bond donors (Lipinski definition) is 1. The zero-order valence-corrected chi connectivity index (χ0v) is 13.6. The predicted octanol–water partition coefficient (Wildman–Crippen LogP) is 4.25. The van der Waals surface area contributed by atoms with Crippen LogP contribution in [-0.2, 0) is 0 Å². The predicted molar refractivity (Wildman–Crippen MR) is 97.2 cm³/mol. The van der Waals surface area contributed by atoms with Gasteiger partial charge in [0.2, 0.25) is 11.1 Å². The molecule has 0 aliphatic heterocycles. The van der Waals surface area contributed by atoms with E-state index in [1.807, 2.05) is 0 Å². The number of anilines is 1. The Hall–Kier alpha value is -3.18. The molecule has 0 aliphatic rings. The molecule has 1 amide bonds. The highest BCUT2D eigenvalue weighted by Crippen LogP contribution is 2.22. The molecule has 2 aromatic heterocycles. The molecule has 25 heavy (non-hydrogen) atoms. The number of carbonyl (C=O) groups excluding carboxylic acids is 1. The summed E-state index contributed by atoms with van der Waals surface area (Å²) in [6.07, 6.45) is 1.56. The number of pyridine rings is 1. The van der Waals surface area contributed by atoms with Crippen molar-refractivity contribution in [3.05, 3.63) is 81.6 Å². The summed E-state index contributed by atoms with van der Waals surface area (Å²) >= 11 is 6.04. The number of fused-ring (bicyclic) bond motifs is 2. The molecule has 0 fully saturated rings. The largest absolute Gasteiger partial charge is 0.437 e. The van der Waals surface area contributed by atoms with Crippen LogP contribution in [0.4, 0.5) is 5.69 Å². The van der Waals surface area contributed by atoms with Crippen molar-refractivity contribution in [3.8, 4) is 0 Å². The summed E-state index contributed by atoms with van der Waals surface area (Å²) in [5.74, 6) is -0.350. The fraction of sp³-hybridized carbons (Fsp3) is 0. The van der Waals surface area contributed by atoms with Gasteiger partial charge in [-0.05, 0) is 42.5 Å². The molecule has 5 nitrogen and oxygen atoms in total. The van der Waals surface area contributed by atoms with Crippen molar-refractivity contribution in [1.82, 2.24) is 4.98 Å². The lowest BCUT2D eigenvalue weighted by Crippen LogP contribution is -2.13. The summed E-state index contributed by atoms with van der Waals surface area (Å²) in [5.41, 5.74) is 1.34. The summed E-state index contributed by atoms with van der Waals surface area (Å²) < 4.78 is 5.65. The standard InChI is InChI=1S/C19H11ClN2O3/c20-15-6-2-1-4-12(15)18(24)22-11-7-8-16-14(10-11)17(23)13-5-3-9-21-19(13)25-16/h1-10H,(H,22,24). The zero-order valence-electron chi connectivity index (χ0n) is 12.8. The molecular weight excluding hydrogens is 340 g/mol. The highest BCUT2D eigenvalue weighted by Gasteiger charge is 2.12. The summed E-state index contributed by atoms with van der Waals surface area (Å²) in [6, 6.07) is 15.0. The molecule has 0 aliphatic carbocycles. The first-order valence-corrected chi connectivity index (χ1v) is 7.89. The number of nitrogens with zero attached hydrogens (tertiary/aromatic N) is 1. The second-order valence-electron chi connectivity index (χ2n) is 5.43. The molecular formula is C19H11ClN2O3. The van der Waals surface area contributed by atoms with Gasteiger partial charge in [0, 0.05) is 11.9 Å². The molecule has 0 atom stereocenters. The lowest BCUT2D eigenvalue weighted by atomic mass is 10.1. The number of nitrogens with one attached hydrogen (secondary N) is 1. The van der Waals surface area contributed by atoms with Gasteiger partial charge in [-0.25, -0.2) is 4.98 Å². The van der Waals surface area contributed by atoms with Gasteiger partial charge in [-0.15, -0.1) is 0 Å². The quantitative estimate of drug-likeness (QED) is 0.549. The molecule has 4 rings (SSSR count). The second kappa shape index (κ2) is 6.03. The Kier molecular flexibility index (Phi) is 3.71. The van der Waals surface area contributed by atoms with Crippen LogP contribution in [0.25, 0.3) is 22.1 Å². The van der Waals surface area contributed by atoms with E-state index in [1.165, 1.54) is 0 Å². The normalized spacial score (nSPS) is 10.9. The summed E-state index contributed by atoms with van der Waals surface area (Å²) in [4.78, 5) is 29.0. The summed E-state index contributed by atoms with van der Waals surface area (Å²) in [5, 5.41) is 3.87. The Morgan fingerprint density at radius 2 is 1.88 bits per heavy atom. The molecule has 0 bridgehead atoms. The first kappa shape index (κ1) is 15.4. The van der Waals surface area contributed by atoms with Gasteiger partial charge in [0.15, 0.2) is 0 Å². The van der Waals surface area contributed by atoms with Crippen LogP contribution in [0.15, 0.2) is 70.0 Å². The van der Waals surface area contributed by atoms with Gasteiger partial charge in [0.1, 0.15) is 5.58 Å². The van der Waals surface area contributed by atoms with E-state index in [2.05, 4.69) is 10.3 Å². The van der Waals surface area contributed by atoms with Gasteiger partial charge in [-0.3, -0.25) is 9.59 Å². The highest BCUT2D eigenvalue weighted by atomic mass is 35.5. The van der Waals surface area contributed by atoms with Crippen molar-refractivity contribution in [2.45, 2.75) is 0 Å². The van der Waals surface area contributed by atoms with E-state index >= 15 is 0 Å². The molecule has 0 saturated carbocycles. The Morgan fingerprint density at radius 3 is 2.72 bits per heavy atom. The smallest absolute Gasteiger partial charge is 0.257 e. The van der Waals surface area contributed by atoms with Crippen molar-refractivity contribution < 1.29 is 9.21 Å². The van der Waals surface area contributed by atoms with Crippen LogP contribution in [-0.4, -0.2) is 10.9 Å². The van der Waals surface area contributed by atoms with Crippen LogP contribution in [0.3, 0.4) is 0 Å². The van der Waals surface area contributed by atoms with E-state index in [9.17, 15) is 9.59 Å². The Labute approximate surface area is 146 Å². The van der Waals surface area contributed by atoms with Crippen LogP contribution in [0.2, 0.25) is 5.02 Å². The zero-order chi connectivity index (χ0) is 17.4. The minimum Gasteiger partial charge on any atom is -0.437 e. The fourth-order valence-electron chi connectivity index (χ4n) is 2.61. The molecule has 2 heterocycles. The van der Waals surface area contributed by atoms with Crippen LogP contribution >= 0.6 is 11.6 Å². The molecule has 0 saturated heterocycles. The SMILES string of the molecule is O=C(Nc1ccc2oc3ncccc3c(=O)c2c1)c1ccccc1Cl. The topological polar surface area (TPSA) is 72.2 Å². The van der Waals surface area contributed by atoms with Crippen molar-refractivity contribution >= 4 is 45.3 Å². The maximum atomic E-state index is 12.6. The fourth-order valence-corrected chi connectivity index (χ4v) is 2.83. The number of rotatable bonds is 2. The van der Waals surface area contributed by atoms with Crippen LogP contribution < -0.4 is 10.7 Å². The third-order valence-electron chi connectivity index (χ3n) is 3.82. The number of carbonyl (C=O) groups is 1. The van der Waals surface area contributed by atoms with Crippen molar-refractivity contribution in [1.29, 1.82) is 0 Å². The summed E-state index contributed by atoms with van der Waals surface area (Å²) in [7, 11) is 0. The average Bonchev–Trinajstić information content (AvgIpc) is 2.63. The van der Waals surface area contributed by atoms with Crippen LogP contribution in [0, 0.1) is 0 Å². The van der Waals surface area contributed by atoms with Gasteiger partial charge in [0.05, 0.1) is 21.4 Å². The van der Waals surface area contributed by atoms with Gasteiger partial charge >= 0.3 is 0 Å². The first-order chi connectivity index (χ1) is 12.1. The highest BCUT2D eigenvalue weighted by molar-refractivity contribution is 6.34. The van der Waals surface area contributed by atoms with Crippen LogP contribution in [0.1, 0.15) is 10.4 Å². The first-order valence-electron chi connectivity index (χ1n) is 7.51. The lowest BCUT2D eigenvalue weighted by Gasteiger charge is -2.08. The third kappa shape index (κ3) is 2.75. The second-order valence-corrected chi connectivity index (χ2v) is 5.84. The van der Waals surface area contributed by atoms with Crippen molar-refractivity contribution in [3.63, 3.8) is 0 Å². The van der Waals surface area contributed by atoms with E-state index in [4.69, 9.17) is 16.0 Å². The Balaban J connectivity index is 1.78. The number of halogens is 1. The molecule has 1 N–H and O–H groups in total. The minimum atomic E-state index is -0.350. The number of amides is 1. The molecule has 2 aromatic carbocycles. The number of aromatic nitrogens is 1. The van der Waals surface area contributed by atoms with Gasteiger partial charge in [0.25, 0.3) is 5.91 Å². The van der Waals surface area contributed by atoms with Gasteiger partial charge in [-0.2, -0.15) is 0 Å². The van der Waals surface area contributed by atoms with Crippen molar-refractivity contribution in [2.24, 2.45) is 0 Å². The Bertz CT molecular complexity index is 1180. The van der Waals surface area contributed by atoms with Crippen LogP contribution in [0.5, 0.6) is 0 Å². The maximum absolute atomic E-state index is 12.6. The minimum absolute atomic E-state index is 0.196. The van der Waals surface area contributed by atoms with E-state index in [0.29, 0.717) is 32.6 Å². The van der Waals surface area contributed by atoms with Gasteiger partial charge in [-0.1, -0.05) is 23.7 Å². The molecule has 0 spiro atoms. The van der Waals surface area contributed by atoms with E-state index in [-0.39, 0.29) is 17.0 Å². The molecule has 4 aromatic rings. The average molecular weight is 351 g/mol. The van der Waals surface area contributed by atoms with E-state index in [1.54, 1.807) is 60.8 Å². The maximum Gasteiger partial charge on any atom is 0.257 e. The molecule has 6 heteroatoms. The molecule has 122 valence electrons. The monoisotopic (exact) mass is 350 g/mol.